The molecule has 334 valence electrons. The maximum Gasteiger partial charge on any atom is 0.408 e. The van der Waals surface area contributed by atoms with Gasteiger partial charge in [0.25, 0.3) is 12.3 Å². The van der Waals surface area contributed by atoms with Crippen LogP contribution in [-0.2, 0) is 30.8 Å². The first kappa shape index (κ1) is 44.3. The number of carbonyl (C=O) groups excluding carboxylic acids is 3. The van der Waals surface area contributed by atoms with Crippen molar-refractivity contribution in [3.63, 3.8) is 0 Å². The zero-order valence-electron chi connectivity index (χ0n) is 34.9. The van der Waals surface area contributed by atoms with Crippen LogP contribution in [0.2, 0.25) is 0 Å². The Kier molecular flexibility index (Phi) is 12.0. The Hall–Kier alpha value is -4.81. The number of sulfonamides is 1. The first-order valence-corrected chi connectivity index (χ1v) is 22.3. The molecule has 2 aromatic rings. The van der Waals surface area contributed by atoms with E-state index in [9.17, 15) is 41.1 Å². The van der Waals surface area contributed by atoms with Crippen LogP contribution in [0, 0.1) is 17.8 Å². The number of rotatable bonds is 10. The Morgan fingerprint density at radius 3 is 2.57 bits per heavy atom. The SMILES string of the molecule is COc1ccc2c(O[C@@H]3C[C@H]4C(=O)N[C@]5(C(=O)NS(=O)(=O)C6(CF)CC6)C[C@H]5C=CCC[C@H](C)C[C@@H](C)[C@H](N(C(=O)O)C(C)(C)C(F)F)C(=O)N4C3)nc3c(c2c1)CCCO3. The van der Waals surface area contributed by atoms with Crippen LogP contribution in [-0.4, -0.2) is 119 Å². The largest absolute Gasteiger partial charge is 0.497 e. The van der Waals surface area contributed by atoms with Crippen LogP contribution in [0.1, 0.15) is 84.6 Å². The van der Waals surface area contributed by atoms with E-state index in [2.05, 4.69) is 5.32 Å². The van der Waals surface area contributed by atoms with Gasteiger partial charge in [-0.15, -0.1) is 0 Å². The van der Waals surface area contributed by atoms with Gasteiger partial charge >= 0.3 is 6.09 Å². The maximum atomic E-state index is 15.1. The molecular formula is C42H54F3N5O10S. The average molecular weight is 878 g/mol. The predicted octanol–water partition coefficient (Wildman–Crippen LogP) is 5.14. The molecule has 19 heteroatoms. The third-order valence-electron chi connectivity index (χ3n) is 13.2. The highest BCUT2D eigenvalue weighted by atomic mass is 32.2. The van der Waals surface area contributed by atoms with Gasteiger partial charge in [-0.05, 0) is 101 Å². The number of benzene rings is 1. The van der Waals surface area contributed by atoms with Crippen LogP contribution < -0.4 is 24.2 Å². The molecule has 0 unspecified atom stereocenters. The zero-order chi connectivity index (χ0) is 44.2. The third kappa shape index (κ3) is 8.18. The molecule has 1 saturated heterocycles. The number of methoxy groups -OCH3 is 1. The number of carbonyl (C=O) groups is 4. The number of hydrogen-bond acceptors (Lipinski definition) is 10. The van der Waals surface area contributed by atoms with E-state index in [0.29, 0.717) is 47.8 Å². The summed E-state index contributed by atoms with van der Waals surface area (Å²) in [4.78, 5) is 63.2. The van der Waals surface area contributed by atoms with Crippen LogP contribution in [0.3, 0.4) is 0 Å². The first-order valence-electron chi connectivity index (χ1n) is 20.8. The van der Waals surface area contributed by atoms with Crippen molar-refractivity contribution in [3.05, 3.63) is 35.9 Å². The van der Waals surface area contributed by atoms with E-state index >= 15 is 4.79 Å². The molecule has 7 atom stereocenters. The molecule has 4 heterocycles. The molecule has 5 aliphatic rings. The fourth-order valence-corrected chi connectivity index (χ4v) is 10.6. The lowest BCUT2D eigenvalue weighted by Crippen LogP contribution is -2.64. The van der Waals surface area contributed by atoms with Gasteiger partial charge in [-0.1, -0.05) is 26.0 Å². The van der Waals surface area contributed by atoms with Crippen LogP contribution in [0.4, 0.5) is 18.0 Å². The Labute approximate surface area is 352 Å². The van der Waals surface area contributed by atoms with E-state index in [-0.39, 0.29) is 50.4 Å². The second kappa shape index (κ2) is 16.5. The molecule has 1 aromatic heterocycles. The molecule has 3 N–H and O–H groups in total. The number of hydrogen-bond donors (Lipinski definition) is 3. The monoisotopic (exact) mass is 877 g/mol. The highest BCUT2D eigenvalue weighted by Gasteiger charge is 2.64. The number of ether oxygens (including phenoxy) is 3. The number of amides is 4. The van der Waals surface area contributed by atoms with Crippen LogP contribution in [0.15, 0.2) is 30.4 Å². The van der Waals surface area contributed by atoms with Gasteiger partial charge in [0, 0.05) is 23.3 Å². The topological polar surface area (TPSA) is 194 Å². The van der Waals surface area contributed by atoms with E-state index in [0.717, 1.165) is 36.1 Å². The minimum atomic E-state index is -4.48. The molecule has 3 aliphatic heterocycles. The van der Waals surface area contributed by atoms with Gasteiger partial charge < -0.3 is 29.5 Å². The summed E-state index contributed by atoms with van der Waals surface area (Å²) >= 11 is 0. The smallest absolute Gasteiger partial charge is 0.408 e. The van der Waals surface area contributed by atoms with Crippen LogP contribution in [0.25, 0.3) is 10.8 Å². The molecule has 61 heavy (non-hydrogen) atoms. The van der Waals surface area contributed by atoms with Gasteiger partial charge in [-0.3, -0.25) is 24.0 Å². The van der Waals surface area contributed by atoms with E-state index in [1.165, 1.54) is 7.11 Å². The van der Waals surface area contributed by atoms with Gasteiger partial charge in [-0.25, -0.2) is 26.4 Å². The normalized spacial score (nSPS) is 28.9. The van der Waals surface area contributed by atoms with E-state index in [4.69, 9.17) is 19.2 Å². The second-order valence-corrected chi connectivity index (χ2v) is 20.0. The Bertz CT molecular complexity index is 2220. The van der Waals surface area contributed by atoms with E-state index in [1.54, 1.807) is 31.2 Å². The summed E-state index contributed by atoms with van der Waals surface area (Å²) in [5.74, 6) is -3.41. The lowest BCUT2D eigenvalue weighted by molar-refractivity contribution is -0.149. The molecular weight excluding hydrogens is 824 g/mol. The molecule has 7 rings (SSSR count). The number of pyridine rings is 1. The summed E-state index contributed by atoms with van der Waals surface area (Å²) in [5, 5.41) is 14.6. The fraction of sp³-hybridized carbons (Fsp3) is 0.643. The van der Waals surface area contributed by atoms with Crippen molar-refractivity contribution in [2.75, 3.05) is 26.9 Å². The Balaban J connectivity index is 1.30. The average Bonchev–Trinajstić information content (AvgIpc) is 4.12. The maximum absolute atomic E-state index is 15.1. The van der Waals surface area contributed by atoms with E-state index in [1.807, 2.05) is 17.7 Å². The highest BCUT2D eigenvalue weighted by Crippen LogP contribution is 2.48. The number of aromatic nitrogens is 1. The molecule has 4 amide bonds. The highest BCUT2D eigenvalue weighted by molar-refractivity contribution is 7.91. The number of nitrogens with one attached hydrogen (secondary N) is 2. The van der Waals surface area contributed by atoms with Gasteiger partial charge in [0.1, 0.15) is 46.4 Å². The van der Waals surface area contributed by atoms with Crippen molar-refractivity contribution in [1.82, 2.24) is 24.8 Å². The number of alkyl halides is 3. The summed E-state index contributed by atoms with van der Waals surface area (Å²) in [6.07, 6.45) is 0.135. The standard InChI is InChI=1S/C42H54F3N5O10S/c1-23-9-6-7-10-25-20-42(25,38(53)48-61(56,57)41(22-43)14-15-41)47-33(51)31-19-27(21-49(31)36(52)32(24(2)17-23)50(39(54)55)40(3,4)37(44)45)60-35-29-13-12-26(58-5)18-30(29)28-11-8-16-59-34(28)46-35/h7,10,12-13,18,23-25,27,31-32,37H,6,8-9,11,14-17,19-22H2,1-5H3,(H,47,51)(H,48,53)(H,54,55)/t23-,24+,25+,27+,31-,32-,42+/m0/s1. The van der Waals surface area contributed by atoms with E-state index < -0.39 is 92.8 Å². The van der Waals surface area contributed by atoms with Crippen LogP contribution >= 0.6 is 0 Å². The molecule has 2 saturated carbocycles. The number of carboxylic acid groups (broad SMARTS) is 1. The number of nitrogens with zero attached hydrogens (tertiary/aromatic N) is 3. The predicted molar refractivity (Wildman–Crippen MR) is 216 cm³/mol. The van der Waals surface area contributed by atoms with Gasteiger partial charge in [0.2, 0.25) is 33.6 Å². The lowest BCUT2D eigenvalue weighted by Gasteiger charge is -2.44. The number of allylic oxidation sites excluding steroid dienone is 1. The van der Waals surface area contributed by atoms with Crippen molar-refractivity contribution < 1.29 is 60.1 Å². The van der Waals surface area contributed by atoms with Crippen molar-refractivity contribution in [3.8, 4) is 17.5 Å². The third-order valence-corrected chi connectivity index (χ3v) is 15.3. The molecule has 1 aromatic carbocycles. The summed E-state index contributed by atoms with van der Waals surface area (Å²) in [6, 6.07) is 2.18. The minimum Gasteiger partial charge on any atom is -0.497 e. The second-order valence-electron chi connectivity index (χ2n) is 17.9. The summed E-state index contributed by atoms with van der Waals surface area (Å²) < 4.78 is 88.2. The Morgan fingerprint density at radius 1 is 1.18 bits per heavy atom. The Morgan fingerprint density at radius 2 is 1.92 bits per heavy atom. The number of halogens is 3. The fourth-order valence-electron chi connectivity index (χ4n) is 9.17. The molecule has 15 nitrogen and oxygen atoms in total. The summed E-state index contributed by atoms with van der Waals surface area (Å²) in [7, 11) is -2.95. The van der Waals surface area contributed by atoms with Gasteiger partial charge in [-0.2, -0.15) is 4.98 Å². The quantitative estimate of drug-likeness (QED) is 0.268. The molecule has 0 radical (unpaired) electrons. The van der Waals surface area contributed by atoms with Crippen molar-refractivity contribution in [1.29, 1.82) is 0 Å². The zero-order valence-corrected chi connectivity index (χ0v) is 35.7. The first-order chi connectivity index (χ1) is 28.8. The van der Waals surface area contributed by atoms with Gasteiger partial charge in [0.05, 0.1) is 20.3 Å². The lowest BCUT2D eigenvalue weighted by atomic mass is 9.85. The molecule has 3 fully saturated rings. The molecule has 0 spiro atoms. The van der Waals surface area contributed by atoms with Crippen molar-refractivity contribution >= 4 is 44.6 Å². The minimum absolute atomic E-state index is 0.00110. The van der Waals surface area contributed by atoms with Crippen molar-refractivity contribution in [2.24, 2.45) is 17.8 Å². The van der Waals surface area contributed by atoms with Gasteiger partial charge in [0.15, 0.2) is 0 Å². The molecule has 2 aliphatic carbocycles. The van der Waals surface area contributed by atoms with Crippen LogP contribution in [0.5, 0.6) is 17.5 Å². The van der Waals surface area contributed by atoms with Crippen molar-refractivity contribution in [2.45, 2.75) is 126 Å². The molecule has 0 bridgehead atoms. The number of fused-ring (bicyclic) bond motifs is 5. The number of aryl methyl sites for hydroxylation is 1. The summed E-state index contributed by atoms with van der Waals surface area (Å²) in [6.45, 7) is 4.51. The summed E-state index contributed by atoms with van der Waals surface area (Å²) in [5.41, 5.74) is -3.29.